The van der Waals surface area contributed by atoms with Gasteiger partial charge in [-0.25, -0.2) is 0 Å². The largest absolute Gasteiger partial charge is 0.330 e. The Kier molecular flexibility index (Phi) is 15.3. The molecular weight excluding hydrogens is 244 g/mol. The molecule has 0 radical (unpaired) electrons. The summed E-state index contributed by atoms with van der Waals surface area (Å²) in [6.45, 7) is 5.41. The third-order valence-corrected chi connectivity index (χ3v) is 4.53. The normalized spacial score (nSPS) is 14.4. The van der Waals surface area contributed by atoms with E-state index in [1.165, 1.54) is 83.5 Å². The van der Waals surface area contributed by atoms with Crippen LogP contribution in [0.25, 0.3) is 0 Å². The Morgan fingerprint density at radius 3 is 1.65 bits per heavy atom. The molecular formula is C18H40N2. The quantitative estimate of drug-likeness (QED) is 0.416. The van der Waals surface area contributed by atoms with Gasteiger partial charge in [0.1, 0.15) is 0 Å². The summed E-state index contributed by atoms with van der Waals surface area (Å²) >= 11 is 0. The van der Waals surface area contributed by atoms with Crippen LogP contribution in [0.15, 0.2) is 0 Å². The van der Waals surface area contributed by atoms with Gasteiger partial charge in [-0.2, -0.15) is 0 Å². The van der Waals surface area contributed by atoms with Crippen molar-refractivity contribution in [2.24, 2.45) is 17.4 Å². The summed E-state index contributed by atoms with van der Waals surface area (Å²) in [4.78, 5) is 0. The van der Waals surface area contributed by atoms with Crippen LogP contribution in [0.3, 0.4) is 0 Å². The molecule has 0 saturated carbocycles. The standard InChI is InChI=1S/C18H40N2/c1-3-14-17(4-2)18(20)15-12-10-8-6-5-7-9-11-13-16-19/h17-18H,3-16,19-20H2,1-2H3. The minimum absolute atomic E-state index is 0.441. The molecule has 122 valence electrons. The Bertz CT molecular complexity index is 182. The Morgan fingerprint density at radius 1 is 0.700 bits per heavy atom. The lowest BCUT2D eigenvalue weighted by molar-refractivity contribution is 0.352. The Balaban J connectivity index is 3.30. The van der Waals surface area contributed by atoms with Gasteiger partial charge in [-0.3, -0.25) is 0 Å². The van der Waals surface area contributed by atoms with Gasteiger partial charge < -0.3 is 11.5 Å². The van der Waals surface area contributed by atoms with E-state index in [0.29, 0.717) is 6.04 Å². The zero-order valence-electron chi connectivity index (χ0n) is 14.2. The maximum Gasteiger partial charge on any atom is 0.00670 e. The molecule has 0 aliphatic rings. The molecule has 0 aromatic rings. The highest BCUT2D eigenvalue weighted by atomic mass is 14.6. The van der Waals surface area contributed by atoms with Gasteiger partial charge in [0.15, 0.2) is 0 Å². The van der Waals surface area contributed by atoms with Crippen LogP contribution in [0.2, 0.25) is 0 Å². The Labute approximate surface area is 128 Å². The third-order valence-electron chi connectivity index (χ3n) is 4.53. The predicted molar refractivity (Wildman–Crippen MR) is 91.9 cm³/mol. The minimum atomic E-state index is 0.441. The molecule has 0 aliphatic carbocycles. The molecule has 20 heavy (non-hydrogen) atoms. The summed E-state index contributed by atoms with van der Waals surface area (Å²) < 4.78 is 0. The number of rotatable bonds is 15. The molecule has 0 heterocycles. The van der Waals surface area contributed by atoms with Crippen molar-refractivity contribution in [2.45, 2.75) is 103 Å². The van der Waals surface area contributed by atoms with E-state index in [0.717, 1.165) is 12.5 Å². The highest BCUT2D eigenvalue weighted by Gasteiger charge is 2.14. The van der Waals surface area contributed by atoms with Gasteiger partial charge in [0.2, 0.25) is 0 Å². The van der Waals surface area contributed by atoms with Crippen LogP contribution in [0.1, 0.15) is 97.3 Å². The van der Waals surface area contributed by atoms with Gasteiger partial charge >= 0.3 is 0 Å². The van der Waals surface area contributed by atoms with E-state index in [9.17, 15) is 0 Å². The monoisotopic (exact) mass is 284 g/mol. The van der Waals surface area contributed by atoms with Gasteiger partial charge in [-0.05, 0) is 31.7 Å². The van der Waals surface area contributed by atoms with Crippen LogP contribution in [0.4, 0.5) is 0 Å². The molecule has 0 saturated heterocycles. The van der Waals surface area contributed by atoms with E-state index in [2.05, 4.69) is 13.8 Å². The SMILES string of the molecule is CCCC(CC)C(N)CCCCCCCCCCCN. The van der Waals surface area contributed by atoms with E-state index in [-0.39, 0.29) is 0 Å². The zero-order valence-corrected chi connectivity index (χ0v) is 14.2. The molecule has 0 bridgehead atoms. The van der Waals surface area contributed by atoms with Crippen molar-refractivity contribution in [3.8, 4) is 0 Å². The lowest BCUT2D eigenvalue weighted by Gasteiger charge is -2.22. The van der Waals surface area contributed by atoms with Crippen molar-refractivity contribution < 1.29 is 0 Å². The second-order valence-corrected chi connectivity index (χ2v) is 6.38. The van der Waals surface area contributed by atoms with Crippen molar-refractivity contribution in [3.05, 3.63) is 0 Å². The van der Waals surface area contributed by atoms with Crippen LogP contribution in [-0.2, 0) is 0 Å². The maximum atomic E-state index is 6.31. The van der Waals surface area contributed by atoms with Crippen molar-refractivity contribution in [1.29, 1.82) is 0 Å². The summed E-state index contributed by atoms with van der Waals surface area (Å²) in [5.41, 5.74) is 11.8. The smallest absolute Gasteiger partial charge is 0.00670 e. The van der Waals surface area contributed by atoms with Crippen molar-refractivity contribution in [1.82, 2.24) is 0 Å². The van der Waals surface area contributed by atoms with Crippen LogP contribution in [0, 0.1) is 5.92 Å². The molecule has 2 heteroatoms. The second-order valence-electron chi connectivity index (χ2n) is 6.38. The predicted octanol–water partition coefficient (Wildman–Crippen LogP) is 5.00. The fourth-order valence-electron chi connectivity index (χ4n) is 3.09. The molecule has 0 rings (SSSR count). The van der Waals surface area contributed by atoms with Crippen LogP contribution in [-0.4, -0.2) is 12.6 Å². The number of nitrogens with two attached hydrogens (primary N) is 2. The van der Waals surface area contributed by atoms with Crippen LogP contribution < -0.4 is 11.5 Å². The lowest BCUT2D eigenvalue weighted by atomic mass is 9.89. The fourth-order valence-corrected chi connectivity index (χ4v) is 3.09. The first kappa shape index (κ1) is 19.9. The molecule has 0 spiro atoms. The van der Waals surface area contributed by atoms with E-state index >= 15 is 0 Å². The highest BCUT2D eigenvalue weighted by molar-refractivity contribution is 4.71. The van der Waals surface area contributed by atoms with Crippen molar-refractivity contribution in [2.75, 3.05) is 6.54 Å². The van der Waals surface area contributed by atoms with Crippen LogP contribution in [0.5, 0.6) is 0 Å². The van der Waals surface area contributed by atoms with Gasteiger partial charge in [0.25, 0.3) is 0 Å². The molecule has 0 aromatic carbocycles. The number of unbranched alkanes of at least 4 members (excludes halogenated alkanes) is 8. The molecule has 0 aliphatic heterocycles. The average molecular weight is 285 g/mol. The Hall–Kier alpha value is -0.0800. The molecule has 0 aromatic heterocycles. The first-order valence-corrected chi connectivity index (χ1v) is 9.21. The summed E-state index contributed by atoms with van der Waals surface area (Å²) in [5.74, 6) is 0.752. The van der Waals surface area contributed by atoms with Gasteiger partial charge in [0.05, 0.1) is 0 Å². The van der Waals surface area contributed by atoms with Crippen molar-refractivity contribution >= 4 is 0 Å². The summed E-state index contributed by atoms with van der Waals surface area (Å²) in [6.07, 6.45) is 17.3. The van der Waals surface area contributed by atoms with E-state index in [1.54, 1.807) is 0 Å². The van der Waals surface area contributed by atoms with E-state index in [1.807, 2.05) is 0 Å². The van der Waals surface area contributed by atoms with Gasteiger partial charge in [-0.1, -0.05) is 78.1 Å². The summed E-state index contributed by atoms with van der Waals surface area (Å²) in [7, 11) is 0. The molecule has 2 atom stereocenters. The lowest BCUT2D eigenvalue weighted by Crippen LogP contribution is -2.29. The van der Waals surface area contributed by atoms with Gasteiger partial charge in [-0.15, -0.1) is 0 Å². The fraction of sp³-hybridized carbons (Fsp3) is 1.00. The van der Waals surface area contributed by atoms with Crippen LogP contribution >= 0.6 is 0 Å². The molecule has 4 N–H and O–H groups in total. The minimum Gasteiger partial charge on any atom is -0.330 e. The number of hydrogen-bond acceptors (Lipinski definition) is 2. The first-order chi connectivity index (χ1) is 9.76. The van der Waals surface area contributed by atoms with E-state index in [4.69, 9.17) is 11.5 Å². The third kappa shape index (κ3) is 11.7. The second kappa shape index (κ2) is 15.3. The van der Waals surface area contributed by atoms with Gasteiger partial charge in [0, 0.05) is 6.04 Å². The highest BCUT2D eigenvalue weighted by Crippen LogP contribution is 2.19. The summed E-state index contributed by atoms with van der Waals surface area (Å²) in [6, 6.07) is 0.441. The average Bonchev–Trinajstić information content (AvgIpc) is 2.46. The maximum absolute atomic E-state index is 6.31. The molecule has 0 fully saturated rings. The Morgan fingerprint density at radius 2 is 1.20 bits per heavy atom. The molecule has 2 unspecified atom stereocenters. The van der Waals surface area contributed by atoms with E-state index < -0.39 is 0 Å². The molecule has 0 amide bonds. The zero-order chi connectivity index (χ0) is 15.1. The summed E-state index contributed by atoms with van der Waals surface area (Å²) in [5, 5.41) is 0. The van der Waals surface area contributed by atoms with Crippen molar-refractivity contribution in [3.63, 3.8) is 0 Å². The number of hydrogen-bond donors (Lipinski definition) is 2. The molecule has 2 nitrogen and oxygen atoms in total. The topological polar surface area (TPSA) is 52.0 Å². The first-order valence-electron chi connectivity index (χ1n) is 9.21.